The molecule has 1 aliphatic rings. The smallest absolute Gasteiger partial charge is 0.166 e. The molecule has 2 rings (SSSR count). The van der Waals surface area contributed by atoms with Gasteiger partial charge in [0, 0.05) is 12.1 Å². The lowest BCUT2D eigenvalue weighted by atomic mass is 9.89. The molecule has 0 aliphatic heterocycles. The highest BCUT2D eigenvalue weighted by atomic mass is 35.5. The van der Waals surface area contributed by atoms with Crippen LogP contribution in [0.2, 0.25) is 5.15 Å². The van der Waals surface area contributed by atoms with Crippen LogP contribution in [0.25, 0.3) is 0 Å². The van der Waals surface area contributed by atoms with E-state index < -0.39 is 17.0 Å². The van der Waals surface area contributed by atoms with Crippen LogP contribution in [0.3, 0.4) is 0 Å². The minimum absolute atomic E-state index is 0.00928. The third kappa shape index (κ3) is 2.60. The Kier molecular flexibility index (Phi) is 3.60. The van der Waals surface area contributed by atoms with Crippen LogP contribution in [-0.2, 0) is 11.2 Å². The minimum atomic E-state index is -1.41. The fraction of sp³-hybridized carbons (Fsp3) is 0.615. The lowest BCUT2D eigenvalue weighted by Gasteiger charge is -2.28. The maximum atomic E-state index is 13.9. The largest absolute Gasteiger partial charge is 0.386 e. The summed E-state index contributed by atoms with van der Waals surface area (Å²) in [4.78, 5) is 3.90. The lowest BCUT2D eigenvalue weighted by Crippen LogP contribution is -2.38. The van der Waals surface area contributed by atoms with E-state index in [0.29, 0.717) is 0 Å². The quantitative estimate of drug-likeness (QED) is 0.736. The Morgan fingerprint density at radius 1 is 1.47 bits per heavy atom. The molecular weight excluding hydrogens is 271 g/mol. The number of nitrogens with zero attached hydrogens (tertiary/aromatic N) is 1. The van der Waals surface area contributed by atoms with Crippen molar-refractivity contribution in [3.8, 4) is 0 Å². The highest BCUT2D eigenvalue weighted by Crippen LogP contribution is 2.45. The van der Waals surface area contributed by atoms with E-state index in [1.54, 1.807) is 0 Å². The summed E-state index contributed by atoms with van der Waals surface area (Å²) in [6, 6.07) is 1.35. The SMILES string of the molecule is CC(C)(O)c1cc([C@@](O)(CN)C2CC2)nc(Cl)c1F. The van der Waals surface area contributed by atoms with E-state index in [1.165, 1.54) is 19.9 Å². The molecule has 4 N–H and O–H groups in total. The van der Waals surface area contributed by atoms with Gasteiger partial charge in [0.25, 0.3) is 0 Å². The molecule has 0 spiro atoms. The number of hydrogen-bond donors (Lipinski definition) is 3. The van der Waals surface area contributed by atoms with Gasteiger partial charge in [-0.3, -0.25) is 0 Å². The number of pyridine rings is 1. The average Bonchev–Trinajstić information content (AvgIpc) is 3.14. The van der Waals surface area contributed by atoms with Gasteiger partial charge in [0.2, 0.25) is 0 Å². The third-order valence-corrected chi connectivity index (χ3v) is 3.83. The maximum Gasteiger partial charge on any atom is 0.166 e. The van der Waals surface area contributed by atoms with Crippen molar-refractivity contribution in [1.82, 2.24) is 4.98 Å². The number of hydrogen-bond acceptors (Lipinski definition) is 4. The van der Waals surface area contributed by atoms with Gasteiger partial charge in [-0.1, -0.05) is 11.6 Å². The zero-order valence-corrected chi connectivity index (χ0v) is 11.7. The number of aliphatic hydroxyl groups is 2. The molecule has 4 nitrogen and oxygen atoms in total. The average molecular weight is 289 g/mol. The molecule has 0 unspecified atom stereocenters. The standard InChI is InChI=1S/C13H18ClFN2O2/c1-12(2,18)8-5-9(17-11(14)10(8)15)13(19,6-16)7-3-4-7/h5,7,18-19H,3-4,6,16H2,1-2H3/t13-/m1/s1. The molecule has 106 valence electrons. The van der Waals surface area contributed by atoms with Crippen molar-refractivity contribution in [3.63, 3.8) is 0 Å². The lowest BCUT2D eigenvalue weighted by molar-refractivity contribution is 0.0168. The van der Waals surface area contributed by atoms with Crippen molar-refractivity contribution in [2.24, 2.45) is 11.7 Å². The summed E-state index contributed by atoms with van der Waals surface area (Å²) in [6.45, 7) is 2.88. The van der Waals surface area contributed by atoms with Gasteiger partial charge in [0.05, 0.1) is 11.3 Å². The summed E-state index contributed by atoms with van der Waals surface area (Å²) >= 11 is 5.76. The summed E-state index contributed by atoms with van der Waals surface area (Å²) in [5.41, 5.74) is 3.15. The van der Waals surface area contributed by atoms with Crippen molar-refractivity contribution in [3.05, 3.63) is 28.3 Å². The highest BCUT2D eigenvalue weighted by Gasteiger charge is 2.46. The monoisotopic (exact) mass is 288 g/mol. The first-order valence-electron chi connectivity index (χ1n) is 6.22. The molecule has 1 aliphatic carbocycles. The molecule has 1 heterocycles. The van der Waals surface area contributed by atoms with Crippen LogP contribution in [-0.4, -0.2) is 21.7 Å². The van der Waals surface area contributed by atoms with Gasteiger partial charge in [-0.05, 0) is 38.7 Å². The third-order valence-electron chi connectivity index (χ3n) is 3.58. The van der Waals surface area contributed by atoms with Crippen LogP contribution >= 0.6 is 11.6 Å². The van der Waals surface area contributed by atoms with Gasteiger partial charge >= 0.3 is 0 Å². The molecule has 6 heteroatoms. The second-order valence-electron chi connectivity index (χ2n) is 5.62. The van der Waals surface area contributed by atoms with E-state index in [1.807, 2.05) is 0 Å². The molecule has 0 amide bonds. The Morgan fingerprint density at radius 2 is 2.05 bits per heavy atom. The van der Waals surface area contributed by atoms with Gasteiger partial charge in [-0.15, -0.1) is 0 Å². The Hall–Kier alpha value is -0.750. The number of halogens is 2. The Bertz CT molecular complexity index is 500. The topological polar surface area (TPSA) is 79.4 Å². The van der Waals surface area contributed by atoms with E-state index in [-0.39, 0.29) is 28.9 Å². The highest BCUT2D eigenvalue weighted by molar-refractivity contribution is 6.29. The molecule has 1 fully saturated rings. The van der Waals surface area contributed by atoms with E-state index in [0.717, 1.165) is 12.8 Å². The van der Waals surface area contributed by atoms with Crippen molar-refractivity contribution >= 4 is 11.6 Å². The van der Waals surface area contributed by atoms with Crippen molar-refractivity contribution < 1.29 is 14.6 Å². The molecule has 1 saturated carbocycles. The maximum absolute atomic E-state index is 13.9. The molecule has 0 bridgehead atoms. The number of aromatic nitrogens is 1. The molecule has 19 heavy (non-hydrogen) atoms. The summed E-state index contributed by atoms with van der Waals surface area (Å²) < 4.78 is 13.9. The zero-order valence-electron chi connectivity index (χ0n) is 11.0. The Morgan fingerprint density at radius 3 is 2.47 bits per heavy atom. The predicted molar refractivity (Wildman–Crippen MR) is 70.1 cm³/mol. The number of nitrogens with two attached hydrogens (primary N) is 1. The van der Waals surface area contributed by atoms with Crippen LogP contribution < -0.4 is 5.73 Å². The van der Waals surface area contributed by atoms with Gasteiger partial charge < -0.3 is 15.9 Å². The summed E-state index contributed by atoms with van der Waals surface area (Å²) in [6.07, 6.45) is 1.70. The molecule has 1 aromatic heterocycles. The van der Waals surface area contributed by atoms with Crippen molar-refractivity contribution in [2.45, 2.75) is 37.9 Å². The Labute approximate surface area is 116 Å². The first kappa shape index (κ1) is 14.7. The summed E-state index contributed by atoms with van der Waals surface area (Å²) in [7, 11) is 0. The molecule has 0 aromatic carbocycles. The first-order valence-corrected chi connectivity index (χ1v) is 6.59. The van der Waals surface area contributed by atoms with Gasteiger partial charge in [-0.2, -0.15) is 0 Å². The molecule has 0 saturated heterocycles. The fourth-order valence-corrected chi connectivity index (χ4v) is 2.40. The molecule has 0 radical (unpaired) electrons. The predicted octanol–water partition coefficient (Wildman–Crippen LogP) is 1.66. The van der Waals surface area contributed by atoms with Crippen LogP contribution in [0.15, 0.2) is 6.07 Å². The van der Waals surface area contributed by atoms with Crippen LogP contribution in [0.1, 0.15) is 37.9 Å². The summed E-state index contributed by atoms with van der Waals surface area (Å²) in [5.74, 6) is -0.755. The van der Waals surface area contributed by atoms with Gasteiger partial charge in [-0.25, -0.2) is 9.37 Å². The van der Waals surface area contributed by atoms with E-state index in [2.05, 4.69) is 4.98 Å². The second kappa shape index (κ2) is 4.66. The zero-order chi connectivity index (χ0) is 14.4. The number of rotatable bonds is 4. The van der Waals surface area contributed by atoms with E-state index >= 15 is 0 Å². The van der Waals surface area contributed by atoms with Crippen LogP contribution in [0, 0.1) is 11.7 Å². The first-order chi connectivity index (χ1) is 8.70. The Balaban J connectivity index is 2.56. The molecule has 1 atom stereocenters. The van der Waals surface area contributed by atoms with Crippen molar-refractivity contribution in [2.75, 3.05) is 6.54 Å². The summed E-state index contributed by atoms with van der Waals surface area (Å²) in [5, 5.41) is 20.2. The van der Waals surface area contributed by atoms with Crippen LogP contribution in [0.5, 0.6) is 0 Å². The van der Waals surface area contributed by atoms with E-state index in [9.17, 15) is 14.6 Å². The fourth-order valence-electron chi connectivity index (χ4n) is 2.21. The normalized spacial score (nSPS) is 19.3. The minimum Gasteiger partial charge on any atom is -0.386 e. The van der Waals surface area contributed by atoms with Crippen molar-refractivity contribution in [1.29, 1.82) is 0 Å². The van der Waals surface area contributed by atoms with E-state index in [4.69, 9.17) is 17.3 Å². The second-order valence-corrected chi connectivity index (χ2v) is 5.98. The molecular formula is C13H18ClFN2O2. The van der Waals surface area contributed by atoms with Gasteiger partial charge in [0.15, 0.2) is 11.0 Å². The van der Waals surface area contributed by atoms with Crippen LogP contribution in [0.4, 0.5) is 4.39 Å². The van der Waals surface area contributed by atoms with Gasteiger partial charge in [0.1, 0.15) is 5.60 Å². The molecule has 1 aromatic rings.